The maximum absolute atomic E-state index is 12.8. The molecule has 1 aliphatic carbocycles. The fraction of sp³-hybridized carbons (Fsp3) is 0.357. The largest absolute Gasteiger partial charge is 0.481 e. The average Bonchev–Trinajstić information content (AvgIpc) is 3.26. The smallest absolute Gasteiger partial charge is 0.226 e. The number of hydrogen-bond donors (Lipinski definition) is 2. The Morgan fingerprint density at radius 2 is 1.78 bits per heavy atom. The third kappa shape index (κ3) is 3.21. The summed E-state index contributed by atoms with van der Waals surface area (Å²) in [6.07, 6.45) is -1.23. The maximum atomic E-state index is 12.8. The zero-order valence-corrected chi connectivity index (χ0v) is 20.7. The van der Waals surface area contributed by atoms with Gasteiger partial charge in [-0.15, -0.1) is 0 Å². The highest BCUT2D eigenvalue weighted by atomic mass is 16.5. The van der Waals surface area contributed by atoms with Gasteiger partial charge >= 0.3 is 0 Å². The van der Waals surface area contributed by atoms with Crippen molar-refractivity contribution in [2.24, 2.45) is 5.92 Å². The lowest BCUT2D eigenvalue weighted by atomic mass is 9.70. The Hall–Kier alpha value is -3.64. The fourth-order valence-corrected chi connectivity index (χ4v) is 6.08. The Labute approximate surface area is 210 Å². The molecule has 1 fully saturated rings. The van der Waals surface area contributed by atoms with E-state index in [-0.39, 0.29) is 17.3 Å². The number of aliphatic hydroxyl groups excluding tert-OH is 1. The predicted octanol–water partition coefficient (Wildman–Crippen LogP) is 2.78. The van der Waals surface area contributed by atoms with Crippen LogP contribution in [0, 0.1) is 17.2 Å². The van der Waals surface area contributed by atoms with Crippen molar-refractivity contribution in [2.75, 3.05) is 34.9 Å². The molecule has 36 heavy (non-hydrogen) atoms. The van der Waals surface area contributed by atoms with E-state index < -0.39 is 29.1 Å². The Balaban J connectivity index is 1.86. The van der Waals surface area contributed by atoms with Gasteiger partial charge in [-0.2, -0.15) is 10.2 Å². The van der Waals surface area contributed by atoms with Crippen LogP contribution in [0.3, 0.4) is 0 Å². The first-order valence-corrected chi connectivity index (χ1v) is 11.7. The molecule has 1 aliphatic heterocycles. The molecule has 1 aromatic heterocycles. The van der Waals surface area contributed by atoms with Crippen molar-refractivity contribution < 1.29 is 24.4 Å². The Morgan fingerprint density at radius 3 is 2.36 bits per heavy atom. The molecule has 1 saturated carbocycles. The summed E-state index contributed by atoms with van der Waals surface area (Å²) in [7, 11) is 6.82. The second kappa shape index (κ2) is 8.79. The summed E-state index contributed by atoms with van der Waals surface area (Å²) in [4.78, 5) is 6.40. The number of benzene rings is 2. The highest BCUT2D eigenvalue weighted by Crippen LogP contribution is 2.69. The van der Waals surface area contributed by atoms with Crippen LogP contribution in [-0.4, -0.2) is 61.1 Å². The standard InChI is InChI=1S/C28H29N3O5/c1-31(2)16-20-23(18-8-6-5-7-9-18)28(19-12-10-17(15-29)11-13-19)27(33,25(20)32)24-21(36-28)14-22(34-3)30-26(24)35-4/h5-14,20,23,25,32-33H,16H2,1-4H3/t20-,23-,25-,27+,28+/m1/s1. The lowest BCUT2D eigenvalue weighted by Gasteiger charge is -2.41. The van der Waals surface area contributed by atoms with Crippen molar-refractivity contribution in [3.8, 4) is 23.6 Å². The van der Waals surface area contributed by atoms with Crippen LogP contribution in [0.15, 0.2) is 60.7 Å². The van der Waals surface area contributed by atoms with Crippen molar-refractivity contribution in [3.63, 3.8) is 0 Å². The number of aromatic nitrogens is 1. The summed E-state index contributed by atoms with van der Waals surface area (Å²) in [5, 5.41) is 34.1. The van der Waals surface area contributed by atoms with Gasteiger partial charge in [-0.1, -0.05) is 42.5 Å². The summed E-state index contributed by atoms with van der Waals surface area (Å²) in [6, 6.07) is 20.5. The van der Waals surface area contributed by atoms with Crippen LogP contribution in [-0.2, 0) is 11.2 Å². The van der Waals surface area contributed by atoms with Gasteiger partial charge in [0.2, 0.25) is 11.8 Å². The summed E-state index contributed by atoms with van der Waals surface area (Å²) in [5.41, 5.74) is -1.04. The molecule has 0 unspecified atom stereocenters. The van der Waals surface area contributed by atoms with Gasteiger partial charge in [0.05, 0.1) is 37.5 Å². The van der Waals surface area contributed by atoms with E-state index >= 15 is 0 Å². The molecule has 5 atom stereocenters. The number of aliphatic hydroxyl groups is 2. The van der Waals surface area contributed by atoms with Crippen molar-refractivity contribution in [1.82, 2.24) is 9.88 Å². The minimum Gasteiger partial charge on any atom is -0.481 e. The first-order valence-electron chi connectivity index (χ1n) is 11.7. The third-order valence-corrected chi connectivity index (χ3v) is 7.42. The monoisotopic (exact) mass is 487 g/mol. The molecule has 5 rings (SSSR count). The molecule has 2 aromatic carbocycles. The quantitative estimate of drug-likeness (QED) is 0.547. The number of pyridine rings is 1. The van der Waals surface area contributed by atoms with Gasteiger partial charge in [0.1, 0.15) is 5.75 Å². The Morgan fingerprint density at radius 1 is 1.08 bits per heavy atom. The van der Waals surface area contributed by atoms with E-state index in [1.165, 1.54) is 14.2 Å². The molecular formula is C28H29N3O5. The molecule has 0 saturated heterocycles. The van der Waals surface area contributed by atoms with Crippen molar-refractivity contribution >= 4 is 0 Å². The number of nitrogens with zero attached hydrogens (tertiary/aromatic N) is 3. The van der Waals surface area contributed by atoms with E-state index in [2.05, 4.69) is 11.1 Å². The SMILES string of the molecule is COc1cc2c(c(OC)n1)[C@]1(O)[C@H](O)[C@H](CN(C)C)[C@@H](c3ccccc3)[C@]1(c1ccc(C#N)cc1)O2. The molecule has 8 heteroatoms. The van der Waals surface area contributed by atoms with E-state index in [1.807, 2.05) is 49.3 Å². The zero-order chi connectivity index (χ0) is 25.7. The molecule has 2 N–H and O–H groups in total. The number of fused-ring (bicyclic) bond motifs is 3. The van der Waals surface area contributed by atoms with E-state index in [9.17, 15) is 15.5 Å². The third-order valence-electron chi connectivity index (χ3n) is 7.42. The molecular weight excluding hydrogens is 458 g/mol. The summed E-state index contributed by atoms with van der Waals surface area (Å²) < 4.78 is 17.8. The molecule has 2 aliphatic rings. The van der Waals surface area contributed by atoms with E-state index in [1.54, 1.807) is 30.3 Å². The first-order chi connectivity index (χ1) is 17.3. The van der Waals surface area contributed by atoms with Crippen LogP contribution in [0.25, 0.3) is 0 Å². The second-order valence-electron chi connectivity index (χ2n) is 9.60. The molecule has 0 bridgehead atoms. The van der Waals surface area contributed by atoms with Crippen LogP contribution >= 0.6 is 0 Å². The normalized spacial score (nSPS) is 28.2. The lowest BCUT2D eigenvalue weighted by Crippen LogP contribution is -2.52. The van der Waals surface area contributed by atoms with Gasteiger partial charge in [-0.25, -0.2) is 0 Å². The fourth-order valence-electron chi connectivity index (χ4n) is 6.08. The van der Waals surface area contributed by atoms with Crippen molar-refractivity contribution in [1.29, 1.82) is 5.26 Å². The molecule has 2 heterocycles. The number of hydrogen-bond acceptors (Lipinski definition) is 8. The molecule has 0 amide bonds. The van der Waals surface area contributed by atoms with Gasteiger partial charge in [0.15, 0.2) is 11.2 Å². The Kier molecular flexibility index (Phi) is 5.87. The topological polar surface area (TPSA) is 108 Å². The van der Waals surface area contributed by atoms with Crippen LogP contribution in [0.4, 0.5) is 0 Å². The van der Waals surface area contributed by atoms with E-state index in [0.717, 1.165) is 5.56 Å². The van der Waals surface area contributed by atoms with Gasteiger partial charge in [-0.3, -0.25) is 0 Å². The molecule has 3 aromatic rings. The summed E-state index contributed by atoms with van der Waals surface area (Å²) in [5.74, 6) is -0.160. The Bertz CT molecular complexity index is 1310. The van der Waals surface area contributed by atoms with Gasteiger partial charge in [0, 0.05) is 24.4 Å². The highest BCUT2D eigenvalue weighted by molar-refractivity contribution is 5.60. The second-order valence-corrected chi connectivity index (χ2v) is 9.60. The maximum Gasteiger partial charge on any atom is 0.226 e. The number of ether oxygens (including phenoxy) is 3. The highest BCUT2D eigenvalue weighted by Gasteiger charge is 2.77. The van der Waals surface area contributed by atoms with E-state index in [0.29, 0.717) is 23.4 Å². The molecule has 8 nitrogen and oxygen atoms in total. The van der Waals surface area contributed by atoms with Crippen molar-refractivity contribution in [3.05, 3.63) is 82.9 Å². The molecule has 0 radical (unpaired) electrons. The van der Waals surface area contributed by atoms with Crippen LogP contribution in [0.1, 0.15) is 28.2 Å². The summed E-state index contributed by atoms with van der Waals surface area (Å²) >= 11 is 0. The minimum atomic E-state index is -1.91. The lowest BCUT2D eigenvalue weighted by molar-refractivity contribution is -0.152. The van der Waals surface area contributed by atoms with Crippen molar-refractivity contribution in [2.45, 2.75) is 23.2 Å². The number of methoxy groups -OCH3 is 2. The van der Waals surface area contributed by atoms with Gasteiger partial charge < -0.3 is 29.3 Å². The average molecular weight is 488 g/mol. The number of rotatable bonds is 6. The zero-order valence-electron chi connectivity index (χ0n) is 20.7. The van der Waals surface area contributed by atoms with Gasteiger partial charge in [0.25, 0.3) is 0 Å². The summed E-state index contributed by atoms with van der Waals surface area (Å²) in [6.45, 7) is 0.492. The van der Waals surface area contributed by atoms with E-state index in [4.69, 9.17) is 14.2 Å². The van der Waals surface area contributed by atoms with Crippen LogP contribution in [0.5, 0.6) is 17.5 Å². The van der Waals surface area contributed by atoms with Crippen LogP contribution < -0.4 is 14.2 Å². The number of nitriles is 1. The molecule has 186 valence electrons. The van der Waals surface area contributed by atoms with Crippen LogP contribution in [0.2, 0.25) is 0 Å². The van der Waals surface area contributed by atoms with Gasteiger partial charge in [-0.05, 0) is 37.4 Å². The first kappa shape index (κ1) is 24.1. The minimum absolute atomic E-state index is 0.124. The molecule has 0 spiro atoms. The predicted molar refractivity (Wildman–Crippen MR) is 132 cm³/mol.